The molecule has 1 N–H and O–H groups in total. The third kappa shape index (κ3) is 6.60. The molecule has 0 aliphatic rings. The molecule has 0 aromatic heterocycles. The molecule has 1 rings (SSSR count). The Bertz CT molecular complexity index is 693. The summed E-state index contributed by atoms with van der Waals surface area (Å²) in [5.41, 5.74) is 0.344. The quantitative estimate of drug-likeness (QED) is 0.306. The molecule has 30 heavy (non-hydrogen) atoms. The summed E-state index contributed by atoms with van der Waals surface area (Å²) in [5, 5.41) is 1.29. The van der Waals surface area contributed by atoms with E-state index in [-0.39, 0.29) is 6.61 Å². The molecule has 0 spiro atoms. The number of alkyl halides is 7. The Morgan fingerprint density at radius 1 is 0.967 bits per heavy atom. The number of ether oxygens (including phenoxy) is 1. The fraction of sp³-hybridized carbons (Fsp3) is 0.579. The number of hydrogen-bond donors (Lipinski definition) is 1. The lowest BCUT2D eigenvalue weighted by Gasteiger charge is -2.28. The van der Waals surface area contributed by atoms with E-state index in [2.05, 4.69) is 0 Å². The van der Waals surface area contributed by atoms with Gasteiger partial charge in [-0.1, -0.05) is 56.5 Å². The molecule has 1 aromatic rings. The normalized spacial score (nSPS) is 13.6. The molecule has 11 heteroatoms. The number of amides is 1. The van der Waals surface area contributed by atoms with Crippen molar-refractivity contribution in [3.8, 4) is 0 Å². The highest BCUT2D eigenvalue weighted by Gasteiger charge is 2.76. The largest absolute Gasteiger partial charge is 0.464 e. The predicted octanol–water partition coefficient (Wildman–Crippen LogP) is 4.67. The molecule has 1 atom stereocenters. The summed E-state index contributed by atoms with van der Waals surface area (Å²) in [6.45, 7) is 1.82. The van der Waals surface area contributed by atoms with Crippen molar-refractivity contribution >= 4 is 11.9 Å². The first-order valence-electron chi connectivity index (χ1n) is 9.18. The van der Waals surface area contributed by atoms with Gasteiger partial charge in [0.25, 0.3) is 5.91 Å². The maximum absolute atomic E-state index is 13.6. The van der Waals surface area contributed by atoms with Gasteiger partial charge in [0, 0.05) is 6.42 Å². The Morgan fingerprint density at radius 3 is 2.10 bits per heavy atom. The number of carbonyl (C=O) groups excluding carboxylic acids is 2. The summed E-state index contributed by atoms with van der Waals surface area (Å²) in [6, 6.07) is 5.68. The summed E-state index contributed by atoms with van der Waals surface area (Å²) < 4.78 is 95.2. The highest BCUT2D eigenvalue weighted by molar-refractivity contribution is 5.89. The highest BCUT2D eigenvalue weighted by atomic mass is 19.4. The Kier molecular flexibility index (Phi) is 9.10. The van der Waals surface area contributed by atoms with Crippen LogP contribution in [0.25, 0.3) is 0 Å². The number of unbranched alkanes of at least 4 members (excludes halogenated alkanes) is 3. The number of rotatable bonds is 11. The van der Waals surface area contributed by atoms with Crippen molar-refractivity contribution in [3.05, 3.63) is 35.9 Å². The molecule has 1 unspecified atom stereocenters. The first-order chi connectivity index (χ1) is 13.8. The first kappa shape index (κ1) is 25.7. The third-order valence-corrected chi connectivity index (χ3v) is 4.15. The molecule has 1 amide bonds. The maximum atomic E-state index is 13.6. The van der Waals surface area contributed by atoms with Crippen LogP contribution in [-0.4, -0.2) is 42.5 Å². The van der Waals surface area contributed by atoms with E-state index in [9.17, 15) is 40.3 Å². The van der Waals surface area contributed by atoms with Crippen molar-refractivity contribution in [3.63, 3.8) is 0 Å². The summed E-state index contributed by atoms with van der Waals surface area (Å²) >= 11 is 0. The second-order valence-electron chi connectivity index (χ2n) is 6.59. The number of benzene rings is 1. The zero-order chi connectivity index (χ0) is 23.0. The molecule has 0 saturated heterocycles. The predicted molar refractivity (Wildman–Crippen MR) is 93.1 cm³/mol. The zero-order valence-corrected chi connectivity index (χ0v) is 16.1. The van der Waals surface area contributed by atoms with Crippen LogP contribution in [0.1, 0.15) is 38.2 Å². The average molecular weight is 445 g/mol. The lowest BCUT2D eigenvalue weighted by atomic mass is 10.0. The summed E-state index contributed by atoms with van der Waals surface area (Å²) in [4.78, 5) is 23.8. The minimum absolute atomic E-state index is 0.116. The topological polar surface area (TPSA) is 55.4 Å². The van der Waals surface area contributed by atoms with Gasteiger partial charge in [0.05, 0.1) is 6.61 Å². The second kappa shape index (κ2) is 10.6. The van der Waals surface area contributed by atoms with Crippen LogP contribution in [0.2, 0.25) is 0 Å². The Balaban J connectivity index is 2.96. The van der Waals surface area contributed by atoms with Crippen LogP contribution in [0.5, 0.6) is 0 Å². The van der Waals surface area contributed by atoms with Crippen LogP contribution in [0, 0.1) is 0 Å². The van der Waals surface area contributed by atoms with E-state index in [0.29, 0.717) is 18.4 Å². The van der Waals surface area contributed by atoms with E-state index in [1.54, 1.807) is 6.07 Å². The number of nitrogens with one attached hydrogen (secondary N) is 1. The lowest BCUT2D eigenvalue weighted by Crippen LogP contribution is -2.61. The molecule has 0 bridgehead atoms. The highest BCUT2D eigenvalue weighted by Crippen LogP contribution is 2.46. The monoisotopic (exact) mass is 445 g/mol. The molecular formula is C19H22F7NO3. The minimum Gasteiger partial charge on any atom is -0.464 e. The molecule has 1 aromatic carbocycles. The Morgan fingerprint density at radius 2 is 1.57 bits per heavy atom. The van der Waals surface area contributed by atoms with Crippen LogP contribution >= 0.6 is 0 Å². The molecule has 4 nitrogen and oxygen atoms in total. The standard InChI is InChI=1S/C19H22F7NO3/c1-2-3-4-8-11-30-15(28)14(12-13-9-6-5-7-10-13)27-16(29)17(20,21)18(22,23)19(24,25)26/h5-7,9-10,14H,2-4,8,11-12H2,1H3,(H,27,29). The average Bonchev–Trinajstić information content (AvgIpc) is 2.66. The number of esters is 1. The van der Waals surface area contributed by atoms with Gasteiger partial charge in [-0.2, -0.15) is 30.7 Å². The van der Waals surface area contributed by atoms with Gasteiger partial charge in [-0.15, -0.1) is 0 Å². The van der Waals surface area contributed by atoms with Gasteiger partial charge >= 0.3 is 24.0 Å². The van der Waals surface area contributed by atoms with E-state index in [0.717, 1.165) is 12.8 Å². The second-order valence-corrected chi connectivity index (χ2v) is 6.59. The number of halogens is 7. The Labute approximate surface area is 168 Å². The van der Waals surface area contributed by atoms with E-state index < -0.39 is 42.4 Å². The SMILES string of the molecule is CCCCCCOC(=O)C(Cc1ccccc1)NC(=O)C(F)(F)C(F)(F)C(F)(F)F. The van der Waals surface area contributed by atoms with Gasteiger partial charge in [-0.25, -0.2) is 4.79 Å². The van der Waals surface area contributed by atoms with Crippen molar-refractivity contribution in [1.29, 1.82) is 0 Å². The van der Waals surface area contributed by atoms with E-state index in [4.69, 9.17) is 4.74 Å². The smallest absolute Gasteiger partial charge is 0.460 e. The van der Waals surface area contributed by atoms with Crippen molar-refractivity contribution in [2.24, 2.45) is 0 Å². The molecule has 0 fully saturated rings. The van der Waals surface area contributed by atoms with Gasteiger partial charge in [0.15, 0.2) is 0 Å². The fourth-order valence-corrected chi connectivity index (χ4v) is 2.41. The third-order valence-electron chi connectivity index (χ3n) is 4.15. The molecule has 0 saturated carbocycles. The maximum Gasteiger partial charge on any atom is 0.460 e. The lowest BCUT2D eigenvalue weighted by molar-refractivity contribution is -0.344. The fourth-order valence-electron chi connectivity index (χ4n) is 2.41. The van der Waals surface area contributed by atoms with Gasteiger partial charge in [0.1, 0.15) is 6.04 Å². The van der Waals surface area contributed by atoms with Gasteiger partial charge in [-0.05, 0) is 12.0 Å². The Hall–Kier alpha value is -2.33. The number of carbonyl (C=O) groups is 2. The van der Waals surface area contributed by atoms with E-state index in [1.807, 2.05) is 6.92 Å². The van der Waals surface area contributed by atoms with Crippen LogP contribution in [0.4, 0.5) is 30.7 Å². The molecule has 0 aliphatic carbocycles. The van der Waals surface area contributed by atoms with Gasteiger partial charge in [0.2, 0.25) is 0 Å². The summed E-state index contributed by atoms with van der Waals surface area (Å²) in [5.74, 6) is -16.9. The molecule has 0 heterocycles. The zero-order valence-electron chi connectivity index (χ0n) is 16.1. The first-order valence-corrected chi connectivity index (χ1v) is 9.18. The van der Waals surface area contributed by atoms with Crippen LogP contribution < -0.4 is 5.32 Å². The van der Waals surface area contributed by atoms with Crippen molar-refractivity contribution in [2.45, 2.75) is 63.1 Å². The van der Waals surface area contributed by atoms with Crippen LogP contribution in [-0.2, 0) is 20.7 Å². The van der Waals surface area contributed by atoms with Crippen molar-refractivity contribution in [1.82, 2.24) is 5.32 Å². The van der Waals surface area contributed by atoms with Crippen molar-refractivity contribution < 1.29 is 45.1 Å². The van der Waals surface area contributed by atoms with Crippen molar-refractivity contribution in [2.75, 3.05) is 6.61 Å². The minimum atomic E-state index is -6.66. The van der Waals surface area contributed by atoms with E-state index >= 15 is 0 Å². The van der Waals surface area contributed by atoms with Gasteiger partial charge in [-0.3, -0.25) is 4.79 Å². The molecule has 0 aliphatic heterocycles. The molecular weight excluding hydrogens is 423 g/mol. The molecule has 170 valence electrons. The molecule has 0 radical (unpaired) electrons. The number of hydrogen-bond acceptors (Lipinski definition) is 3. The van der Waals surface area contributed by atoms with Crippen LogP contribution in [0.3, 0.4) is 0 Å². The summed E-state index contributed by atoms with van der Waals surface area (Å²) in [7, 11) is 0. The van der Waals surface area contributed by atoms with E-state index in [1.165, 1.54) is 29.6 Å². The van der Waals surface area contributed by atoms with Gasteiger partial charge < -0.3 is 10.1 Å². The summed E-state index contributed by atoms with van der Waals surface area (Å²) in [6.07, 6.45) is -4.22. The van der Waals surface area contributed by atoms with Crippen LogP contribution in [0.15, 0.2) is 30.3 Å².